The molecule has 3 rings (SSSR count). The summed E-state index contributed by atoms with van der Waals surface area (Å²) in [6.07, 6.45) is 1.72. The van der Waals surface area contributed by atoms with Gasteiger partial charge in [-0.3, -0.25) is 4.79 Å². The van der Waals surface area contributed by atoms with E-state index in [2.05, 4.69) is 31.5 Å². The zero-order valence-electron chi connectivity index (χ0n) is 17.6. The smallest absolute Gasteiger partial charge is 0.254 e. The van der Waals surface area contributed by atoms with Gasteiger partial charge >= 0.3 is 0 Å². The molecule has 5 nitrogen and oxygen atoms in total. The Morgan fingerprint density at radius 1 is 1.23 bits per heavy atom. The standard InChI is InChI=1S/C24H26N2O3S/c1-5-12-26(24(27)19-9-7-10-21(13-19)28-4)14-20-16-30-23(25-20)15-29-22-11-6-8-17(2)18(22)3/h5-11,13,16H,1,12,14-15H2,2-4H3. The van der Waals surface area contributed by atoms with Gasteiger partial charge in [0.25, 0.3) is 5.91 Å². The number of amides is 1. The summed E-state index contributed by atoms with van der Waals surface area (Å²) >= 11 is 1.53. The molecule has 1 heterocycles. The molecule has 2 aromatic carbocycles. The lowest BCUT2D eigenvalue weighted by Gasteiger charge is -2.20. The van der Waals surface area contributed by atoms with E-state index in [0.717, 1.165) is 22.0 Å². The van der Waals surface area contributed by atoms with Gasteiger partial charge in [0.05, 0.1) is 19.3 Å². The SMILES string of the molecule is C=CCN(Cc1csc(COc2cccc(C)c2C)n1)C(=O)c1cccc(OC)c1. The number of thiazole rings is 1. The van der Waals surface area contributed by atoms with Crippen molar-refractivity contribution in [2.45, 2.75) is 27.0 Å². The van der Waals surface area contributed by atoms with Gasteiger partial charge in [-0.2, -0.15) is 0 Å². The molecule has 0 bridgehead atoms. The molecular formula is C24H26N2O3S. The minimum atomic E-state index is -0.0880. The molecule has 0 aliphatic heterocycles. The maximum absolute atomic E-state index is 13.0. The third-order valence-electron chi connectivity index (χ3n) is 4.81. The number of hydrogen-bond donors (Lipinski definition) is 0. The molecule has 0 saturated heterocycles. The first kappa shape index (κ1) is 21.6. The van der Waals surface area contributed by atoms with Crippen molar-refractivity contribution in [1.29, 1.82) is 0 Å². The van der Waals surface area contributed by atoms with Crippen LogP contribution in [0, 0.1) is 13.8 Å². The highest BCUT2D eigenvalue weighted by molar-refractivity contribution is 7.09. The molecule has 0 radical (unpaired) electrons. The molecule has 0 aliphatic carbocycles. The van der Waals surface area contributed by atoms with Crippen molar-refractivity contribution in [1.82, 2.24) is 9.88 Å². The number of aryl methyl sites for hydroxylation is 1. The number of rotatable bonds is 9. The van der Waals surface area contributed by atoms with Crippen molar-refractivity contribution in [2.75, 3.05) is 13.7 Å². The summed E-state index contributed by atoms with van der Waals surface area (Å²) in [6, 6.07) is 13.2. The highest BCUT2D eigenvalue weighted by Gasteiger charge is 2.17. The molecule has 0 atom stereocenters. The number of aromatic nitrogens is 1. The number of hydrogen-bond acceptors (Lipinski definition) is 5. The van der Waals surface area contributed by atoms with Crippen LogP contribution >= 0.6 is 11.3 Å². The van der Waals surface area contributed by atoms with E-state index in [1.165, 1.54) is 16.9 Å². The molecule has 6 heteroatoms. The molecule has 3 aromatic rings. The number of benzene rings is 2. The molecule has 30 heavy (non-hydrogen) atoms. The average Bonchev–Trinajstić information content (AvgIpc) is 3.21. The van der Waals surface area contributed by atoms with Gasteiger partial charge in [0.2, 0.25) is 0 Å². The van der Waals surface area contributed by atoms with Crippen molar-refractivity contribution in [2.24, 2.45) is 0 Å². The van der Waals surface area contributed by atoms with Crippen molar-refractivity contribution in [3.63, 3.8) is 0 Å². The first-order valence-electron chi connectivity index (χ1n) is 9.68. The summed E-state index contributed by atoms with van der Waals surface area (Å²) in [7, 11) is 1.59. The van der Waals surface area contributed by atoms with Crippen molar-refractivity contribution in [3.8, 4) is 11.5 Å². The maximum Gasteiger partial charge on any atom is 0.254 e. The van der Waals surface area contributed by atoms with Crippen LogP contribution in [-0.4, -0.2) is 29.4 Å². The second-order valence-electron chi connectivity index (χ2n) is 6.93. The second kappa shape index (κ2) is 10.1. The van der Waals surface area contributed by atoms with Gasteiger partial charge in [0.1, 0.15) is 23.1 Å². The summed E-state index contributed by atoms with van der Waals surface area (Å²) in [6.45, 7) is 9.14. The molecule has 0 fully saturated rings. The minimum absolute atomic E-state index is 0.0880. The number of carbonyl (C=O) groups is 1. The van der Waals surface area contributed by atoms with Crippen LogP contribution < -0.4 is 9.47 Å². The normalized spacial score (nSPS) is 10.5. The van der Waals surface area contributed by atoms with E-state index in [1.54, 1.807) is 30.2 Å². The van der Waals surface area contributed by atoms with Crippen LogP contribution in [0.5, 0.6) is 11.5 Å². The Kier molecular flexibility index (Phi) is 7.25. The number of methoxy groups -OCH3 is 1. The fraction of sp³-hybridized carbons (Fsp3) is 0.250. The lowest BCUT2D eigenvalue weighted by molar-refractivity contribution is 0.0760. The van der Waals surface area contributed by atoms with Crippen LogP contribution in [0.3, 0.4) is 0 Å². The minimum Gasteiger partial charge on any atom is -0.497 e. The maximum atomic E-state index is 13.0. The highest BCUT2D eigenvalue weighted by atomic mass is 32.1. The van der Waals surface area contributed by atoms with Crippen LogP contribution in [0.4, 0.5) is 0 Å². The Balaban J connectivity index is 1.67. The Bertz CT molecular complexity index is 1030. The molecule has 1 amide bonds. The van der Waals surface area contributed by atoms with Crippen LogP contribution in [0.25, 0.3) is 0 Å². The van der Waals surface area contributed by atoms with E-state index in [1.807, 2.05) is 29.6 Å². The Morgan fingerprint density at radius 2 is 2.03 bits per heavy atom. The predicted octanol–water partition coefficient (Wildman–Crippen LogP) is 5.18. The van der Waals surface area contributed by atoms with Crippen LogP contribution in [0.2, 0.25) is 0 Å². The molecule has 0 saturated carbocycles. The Hall–Kier alpha value is -3.12. The molecule has 0 spiro atoms. The van der Waals surface area contributed by atoms with Gasteiger partial charge in [-0.1, -0.05) is 24.3 Å². The second-order valence-corrected chi connectivity index (χ2v) is 7.87. The third-order valence-corrected chi connectivity index (χ3v) is 5.68. The number of carbonyl (C=O) groups excluding carboxylic acids is 1. The van der Waals surface area contributed by atoms with Gasteiger partial charge in [0, 0.05) is 17.5 Å². The first-order chi connectivity index (χ1) is 14.5. The van der Waals surface area contributed by atoms with E-state index in [0.29, 0.717) is 31.0 Å². The fourth-order valence-corrected chi connectivity index (χ4v) is 3.71. The van der Waals surface area contributed by atoms with E-state index in [-0.39, 0.29) is 5.91 Å². The van der Waals surface area contributed by atoms with E-state index < -0.39 is 0 Å². The molecule has 0 N–H and O–H groups in total. The van der Waals surface area contributed by atoms with Crippen LogP contribution in [-0.2, 0) is 13.2 Å². The number of nitrogens with zero attached hydrogens (tertiary/aromatic N) is 2. The van der Waals surface area contributed by atoms with Gasteiger partial charge in [-0.05, 0) is 49.2 Å². The quantitative estimate of drug-likeness (QED) is 0.446. The van der Waals surface area contributed by atoms with Gasteiger partial charge in [-0.25, -0.2) is 4.98 Å². The molecule has 0 unspecified atom stereocenters. The fourth-order valence-electron chi connectivity index (χ4n) is 3.02. The predicted molar refractivity (Wildman–Crippen MR) is 120 cm³/mol. The van der Waals surface area contributed by atoms with Crippen molar-refractivity contribution >= 4 is 17.2 Å². The van der Waals surface area contributed by atoms with Crippen molar-refractivity contribution in [3.05, 3.63) is 87.9 Å². The summed E-state index contributed by atoms with van der Waals surface area (Å²) in [5.74, 6) is 1.43. The first-order valence-corrected chi connectivity index (χ1v) is 10.6. The van der Waals surface area contributed by atoms with Crippen LogP contribution in [0.15, 0.2) is 60.5 Å². The monoisotopic (exact) mass is 422 g/mol. The van der Waals surface area contributed by atoms with Gasteiger partial charge in [0.15, 0.2) is 0 Å². The van der Waals surface area contributed by atoms with E-state index >= 15 is 0 Å². The summed E-state index contributed by atoms with van der Waals surface area (Å²) in [5, 5.41) is 2.84. The molecule has 0 aliphatic rings. The Morgan fingerprint density at radius 3 is 2.80 bits per heavy atom. The largest absolute Gasteiger partial charge is 0.497 e. The Labute approximate surface area is 181 Å². The van der Waals surface area contributed by atoms with Gasteiger partial charge in [-0.15, -0.1) is 17.9 Å². The van der Waals surface area contributed by atoms with Gasteiger partial charge < -0.3 is 14.4 Å². The van der Waals surface area contributed by atoms with E-state index in [4.69, 9.17) is 9.47 Å². The molecule has 156 valence electrons. The average molecular weight is 423 g/mol. The molecule has 1 aromatic heterocycles. The topological polar surface area (TPSA) is 51.7 Å². The lowest BCUT2D eigenvalue weighted by Crippen LogP contribution is -2.30. The summed E-state index contributed by atoms with van der Waals surface area (Å²) < 4.78 is 11.2. The number of ether oxygens (including phenoxy) is 2. The highest BCUT2D eigenvalue weighted by Crippen LogP contribution is 2.23. The van der Waals surface area contributed by atoms with E-state index in [9.17, 15) is 4.79 Å². The summed E-state index contributed by atoms with van der Waals surface area (Å²) in [4.78, 5) is 19.3. The molecular weight excluding hydrogens is 396 g/mol. The third kappa shape index (κ3) is 5.27. The van der Waals surface area contributed by atoms with Crippen LogP contribution in [0.1, 0.15) is 32.2 Å². The zero-order chi connectivity index (χ0) is 21.5. The van der Waals surface area contributed by atoms with Crippen molar-refractivity contribution < 1.29 is 14.3 Å². The zero-order valence-corrected chi connectivity index (χ0v) is 18.4. The summed E-state index contributed by atoms with van der Waals surface area (Å²) in [5.41, 5.74) is 3.74. The lowest BCUT2D eigenvalue weighted by atomic mass is 10.1.